The summed E-state index contributed by atoms with van der Waals surface area (Å²) in [7, 11) is 3.02. The normalized spacial score (nSPS) is 11.6. The van der Waals surface area contributed by atoms with Gasteiger partial charge in [0.1, 0.15) is 6.61 Å². The van der Waals surface area contributed by atoms with Gasteiger partial charge in [-0.1, -0.05) is 30.3 Å². The minimum atomic E-state index is -0.968. The van der Waals surface area contributed by atoms with Crippen LogP contribution >= 0.6 is 0 Å². The van der Waals surface area contributed by atoms with Crippen LogP contribution in [-0.2, 0) is 11.4 Å². The Hall–Kier alpha value is -2.73. The lowest BCUT2D eigenvalue weighted by Crippen LogP contribution is -2.15. The third-order valence-corrected chi connectivity index (χ3v) is 3.53. The van der Waals surface area contributed by atoms with Crippen molar-refractivity contribution in [1.82, 2.24) is 0 Å². The van der Waals surface area contributed by atoms with Gasteiger partial charge in [-0.15, -0.1) is 0 Å². The second-order valence-corrected chi connectivity index (χ2v) is 5.23. The number of carbonyl (C=O) groups is 1. The highest BCUT2D eigenvalue weighted by atomic mass is 16.5. The number of carboxylic acid groups (broad SMARTS) is 1. The predicted molar refractivity (Wildman–Crippen MR) is 89.5 cm³/mol. The molecule has 0 radical (unpaired) electrons. The maximum atomic E-state index is 10.9. The number of methoxy groups -OCH3 is 2. The minimum Gasteiger partial charge on any atom is -0.493 e. The SMILES string of the molecule is COc1cc(C(N)CC(=O)O)cc(OCc2ccccc2)c1OC. The molecule has 0 bridgehead atoms. The van der Waals surface area contributed by atoms with E-state index in [1.54, 1.807) is 12.1 Å². The number of ether oxygens (including phenoxy) is 3. The summed E-state index contributed by atoms with van der Waals surface area (Å²) >= 11 is 0. The van der Waals surface area contributed by atoms with Crippen LogP contribution in [0.15, 0.2) is 42.5 Å². The third kappa shape index (κ3) is 4.39. The van der Waals surface area contributed by atoms with Gasteiger partial charge in [0.2, 0.25) is 5.75 Å². The molecule has 0 fully saturated rings. The van der Waals surface area contributed by atoms with Gasteiger partial charge in [-0.2, -0.15) is 0 Å². The first-order valence-electron chi connectivity index (χ1n) is 7.45. The van der Waals surface area contributed by atoms with Gasteiger partial charge >= 0.3 is 5.97 Å². The minimum absolute atomic E-state index is 0.187. The van der Waals surface area contributed by atoms with Gasteiger partial charge in [-0.3, -0.25) is 4.79 Å². The molecule has 0 saturated heterocycles. The lowest BCUT2D eigenvalue weighted by atomic mass is 10.0. The van der Waals surface area contributed by atoms with Crippen LogP contribution < -0.4 is 19.9 Å². The second-order valence-electron chi connectivity index (χ2n) is 5.23. The average Bonchev–Trinajstić information content (AvgIpc) is 2.59. The summed E-state index contributed by atoms with van der Waals surface area (Å²) in [5.41, 5.74) is 7.56. The Labute approximate surface area is 140 Å². The van der Waals surface area contributed by atoms with Crippen molar-refractivity contribution >= 4 is 5.97 Å². The zero-order valence-electron chi connectivity index (χ0n) is 13.7. The highest BCUT2D eigenvalue weighted by Crippen LogP contribution is 2.40. The number of hydrogen-bond donors (Lipinski definition) is 2. The Morgan fingerprint density at radius 3 is 2.38 bits per heavy atom. The fourth-order valence-corrected chi connectivity index (χ4v) is 2.31. The highest BCUT2D eigenvalue weighted by Gasteiger charge is 2.19. The molecule has 128 valence electrons. The van der Waals surface area contributed by atoms with E-state index in [4.69, 9.17) is 25.1 Å². The zero-order chi connectivity index (χ0) is 17.5. The van der Waals surface area contributed by atoms with Gasteiger partial charge in [0.25, 0.3) is 0 Å². The van der Waals surface area contributed by atoms with Gasteiger partial charge < -0.3 is 25.1 Å². The molecule has 2 aromatic rings. The first-order chi connectivity index (χ1) is 11.5. The molecule has 24 heavy (non-hydrogen) atoms. The highest BCUT2D eigenvalue weighted by molar-refractivity contribution is 5.68. The molecule has 0 amide bonds. The van der Waals surface area contributed by atoms with Gasteiger partial charge in [-0.25, -0.2) is 0 Å². The average molecular weight is 331 g/mol. The number of benzene rings is 2. The molecule has 0 aliphatic carbocycles. The molecule has 0 aliphatic rings. The van der Waals surface area contributed by atoms with E-state index in [1.807, 2.05) is 30.3 Å². The van der Waals surface area contributed by atoms with E-state index >= 15 is 0 Å². The maximum Gasteiger partial charge on any atom is 0.305 e. The smallest absolute Gasteiger partial charge is 0.305 e. The Morgan fingerprint density at radius 2 is 1.79 bits per heavy atom. The summed E-state index contributed by atoms with van der Waals surface area (Å²) in [5, 5.41) is 8.93. The molecule has 0 aliphatic heterocycles. The summed E-state index contributed by atoms with van der Waals surface area (Å²) < 4.78 is 16.5. The molecule has 6 heteroatoms. The fourth-order valence-electron chi connectivity index (χ4n) is 2.31. The number of rotatable bonds is 8. The van der Waals surface area contributed by atoms with Gasteiger partial charge in [0.15, 0.2) is 11.5 Å². The van der Waals surface area contributed by atoms with E-state index in [0.717, 1.165) is 5.56 Å². The quantitative estimate of drug-likeness (QED) is 0.773. The predicted octanol–water partition coefficient (Wildman–Crippen LogP) is 2.76. The number of carboxylic acids is 1. The van der Waals surface area contributed by atoms with Gasteiger partial charge in [0.05, 0.1) is 20.6 Å². The van der Waals surface area contributed by atoms with Crippen LogP contribution in [0.1, 0.15) is 23.6 Å². The molecule has 2 aromatic carbocycles. The number of nitrogens with two attached hydrogens (primary N) is 1. The summed E-state index contributed by atoms with van der Waals surface area (Å²) in [5.74, 6) is 0.374. The molecule has 0 aromatic heterocycles. The largest absolute Gasteiger partial charge is 0.493 e. The van der Waals surface area contributed by atoms with Crippen LogP contribution in [0.25, 0.3) is 0 Å². The Bertz CT molecular complexity index is 687. The summed E-state index contributed by atoms with van der Waals surface area (Å²) in [6, 6.07) is 12.4. The Morgan fingerprint density at radius 1 is 1.12 bits per heavy atom. The van der Waals surface area contributed by atoms with Crippen molar-refractivity contribution in [2.45, 2.75) is 19.1 Å². The first-order valence-corrected chi connectivity index (χ1v) is 7.45. The fraction of sp³-hybridized carbons (Fsp3) is 0.278. The van der Waals surface area contributed by atoms with Crippen molar-refractivity contribution in [3.05, 3.63) is 53.6 Å². The van der Waals surface area contributed by atoms with Crippen LogP contribution in [0.2, 0.25) is 0 Å². The molecule has 6 nitrogen and oxygen atoms in total. The van der Waals surface area contributed by atoms with Crippen molar-refractivity contribution in [3.8, 4) is 17.2 Å². The van der Waals surface area contributed by atoms with E-state index in [1.165, 1.54) is 14.2 Å². The standard InChI is InChI=1S/C18H21NO5/c1-22-15-8-13(14(19)10-17(20)21)9-16(18(15)23-2)24-11-12-6-4-3-5-7-12/h3-9,14H,10-11,19H2,1-2H3,(H,20,21). The number of hydrogen-bond acceptors (Lipinski definition) is 5. The zero-order valence-corrected chi connectivity index (χ0v) is 13.7. The van der Waals surface area contributed by atoms with E-state index in [-0.39, 0.29) is 6.42 Å². The molecule has 0 spiro atoms. The Kier molecular flexibility index (Phi) is 6.03. The molecule has 0 heterocycles. The topological polar surface area (TPSA) is 91.0 Å². The lowest BCUT2D eigenvalue weighted by molar-refractivity contribution is -0.137. The van der Waals surface area contributed by atoms with E-state index in [0.29, 0.717) is 29.4 Å². The Balaban J connectivity index is 2.30. The second kappa shape index (κ2) is 8.21. The van der Waals surface area contributed by atoms with E-state index < -0.39 is 12.0 Å². The maximum absolute atomic E-state index is 10.9. The summed E-state index contributed by atoms with van der Waals surface area (Å²) in [6.07, 6.45) is -0.187. The van der Waals surface area contributed by atoms with Crippen molar-refractivity contribution in [2.24, 2.45) is 5.73 Å². The molecule has 1 unspecified atom stereocenters. The molecule has 3 N–H and O–H groups in total. The van der Waals surface area contributed by atoms with Crippen molar-refractivity contribution < 1.29 is 24.1 Å². The van der Waals surface area contributed by atoms with Crippen LogP contribution in [-0.4, -0.2) is 25.3 Å². The summed E-state index contributed by atoms with van der Waals surface area (Å²) in [6.45, 7) is 0.345. The van der Waals surface area contributed by atoms with Crippen molar-refractivity contribution in [1.29, 1.82) is 0 Å². The van der Waals surface area contributed by atoms with Crippen molar-refractivity contribution in [2.75, 3.05) is 14.2 Å². The van der Waals surface area contributed by atoms with Crippen molar-refractivity contribution in [3.63, 3.8) is 0 Å². The molecule has 2 rings (SSSR count). The van der Waals surface area contributed by atoms with Crippen LogP contribution in [0.4, 0.5) is 0 Å². The molecular weight excluding hydrogens is 310 g/mol. The lowest BCUT2D eigenvalue weighted by Gasteiger charge is -2.18. The molecule has 0 saturated carbocycles. The van der Waals surface area contributed by atoms with E-state index in [2.05, 4.69) is 0 Å². The van der Waals surface area contributed by atoms with E-state index in [9.17, 15) is 4.79 Å². The molecule has 1 atom stereocenters. The first kappa shape index (κ1) is 17.6. The number of aliphatic carboxylic acids is 1. The van der Waals surface area contributed by atoms with Gasteiger partial charge in [0, 0.05) is 6.04 Å². The molecular formula is C18H21NO5. The van der Waals surface area contributed by atoms with Crippen LogP contribution in [0.3, 0.4) is 0 Å². The third-order valence-electron chi connectivity index (χ3n) is 3.53. The van der Waals surface area contributed by atoms with Gasteiger partial charge in [-0.05, 0) is 23.3 Å². The van der Waals surface area contributed by atoms with Crippen LogP contribution in [0.5, 0.6) is 17.2 Å². The summed E-state index contributed by atoms with van der Waals surface area (Å²) in [4.78, 5) is 10.9. The monoisotopic (exact) mass is 331 g/mol. The van der Waals surface area contributed by atoms with Crippen LogP contribution in [0, 0.1) is 0 Å².